The number of carbonyl (C=O) groups excluding carboxylic acids is 2. The molecule has 0 aliphatic carbocycles. The molecule has 0 radical (unpaired) electrons. The highest BCUT2D eigenvalue weighted by molar-refractivity contribution is 5.92. The lowest BCUT2D eigenvalue weighted by molar-refractivity contribution is -0.129. The summed E-state index contributed by atoms with van der Waals surface area (Å²) < 4.78 is 10.8. The summed E-state index contributed by atoms with van der Waals surface area (Å²) in [5.41, 5.74) is 1.92. The van der Waals surface area contributed by atoms with E-state index in [4.69, 9.17) is 9.47 Å². The van der Waals surface area contributed by atoms with Crippen LogP contribution in [-0.2, 0) is 9.59 Å². The van der Waals surface area contributed by atoms with E-state index in [0.717, 1.165) is 17.0 Å². The van der Waals surface area contributed by atoms with Crippen LogP contribution in [0, 0.1) is 0 Å². The molecular formula is C23H30N2O4. The van der Waals surface area contributed by atoms with E-state index in [2.05, 4.69) is 19.2 Å². The third kappa shape index (κ3) is 7.14. The van der Waals surface area contributed by atoms with Gasteiger partial charge in [0.2, 0.25) is 11.8 Å². The van der Waals surface area contributed by atoms with Gasteiger partial charge in [0.25, 0.3) is 0 Å². The first-order valence-electron chi connectivity index (χ1n) is 9.82. The summed E-state index contributed by atoms with van der Waals surface area (Å²) >= 11 is 0. The van der Waals surface area contributed by atoms with Crippen LogP contribution in [0.4, 0.5) is 5.69 Å². The molecule has 0 heterocycles. The Morgan fingerprint density at radius 2 is 1.66 bits per heavy atom. The molecule has 0 spiro atoms. The van der Waals surface area contributed by atoms with Gasteiger partial charge in [0.05, 0.1) is 13.7 Å². The maximum Gasteiger partial charge on any atom is 0.226 e. The van der Waals surface area contributed by atoms with Crippen molar-refractivity contribution in [2.75, 3.05) is 32.1 Å². The summed E-state index contributed by atoms with van der Waals surface area (Å²) in [6.45, 7) is 6.79. The Labute approximate surface area is 172 Å². The SMILES string of the molecule is COc1ccc(OCCN(CCC(=O)Nc2ccccc2C(C)C)C(C)=O)cc1. The topological polar surface area (TPSA) is 67.9 Å². The predicted molar refractivity (Wildman–Crippen MR) is 115 cm³/mol. The molecule has 0 bridgehead atoms. The van der Waals surface area contributed by atoms with Crippen molar-refractivity contribution in [1.82, 2.24) is 4.90 Å². The van der Waals surface area contributed by atoms with Crippen molar-refractivity contribution in [3.8, 4) is 11.5 Å². The molecule has 29 heavy (non-hydrogen) atoms. The van der Waals surface area contributed by atoms with Crippen LogP contribution in [0.3, 0.4) is 0 Å². The van der Waals surface area contributed by atoms with Crippen molar-refractivity contribution in [3.05, 3.63) is 54.1 Å². The molecule has 0 atom stereocenters. The average molecular weight is 399 g/mol. The summed E-state index contributed by atoms with van der Waals surface area (Å²) in [5, 5.41) is 2.96. The number of nitrogens with zero attached hydrogens (tertiary/aromatic N) is 1. The number of nitrogens with one attached hydrogen (secondary N) is 1. The molecule has 2 aromatic rings. The van der Waals surface area contributed by atoms with E-state index in [1.165, 1.54) is 6.92 Å². The third-order valence-electron chi connectivity index (χ3n) is 4.60. The van der Waals surface area contributed by atoms with Gasteiger partial charge in [0.15, 0.2) is 0 Å². The number of methoxy groups -OCH3 is 1. The highest BCUT2D eigenvalue weighted by Gasteiger charge is 2.13. The molecule has 0 saturated heterocycles. The summed E-state index contributed by atoms with van der Waals surface area (Å²) in [5.74, 6) is 1.58. The number of rotatable bonds is 10. The van der Waals surface area contributed by atoms with E-state index in [1.54, 1.807) is 12.0 Å². The third-order valence-corrected chi connectivity index (χ3v) is 4.60. The summed E-state index contributed by atoms with van der Waals surface area (Å²) in [4.78, 5) is 25.9. The van der Waals surface area contributed by atoms with Crippen molar-refractivity contribution < 1.29 is 19.1 Å². The van der Waals surface area contributed by atoms with Crippen molar-refractivity contribution in [1.29, 1.82) is 0 Å². The quantitative estimate of drug-likeness (QED) is 0.655. The Morgan fingerprint density at radius 1 is 1.00 bits per heavy atom. The monoisotopic (exact) mass is 398 g/mol. The van der Waals surface area contributed by atoms with E-state index in [1.807, 2.05) is 48.5 Å². The summed E-state index contributed by atoms with van der Waals surface area (Å²) in [6.07, 6.45) is 0.231. The lowest BCUT2D eigenvalue weighted by Crippen LogP contribution is -2.35. The smallest absolute Gasteiger partial charge is 0.226 e. The zero-order valence-corrected chi connectivity index (χ0v) is 17.6. The molecule has 156 valence electrons. The summed E-state index contributed by atoms with van der Waals surface area (Å²) in [7, 11) is 1.61. The minimum Gasteiger partial charge on any atom is -0.497 e. The van der Waals surface area contributed by atoms with Gasteiger partial charge in [-0.05, 0) is 41.8 Å². The van der Waals surface area contributed by atoms with Crippen LogP contribution in [0.15, 0.2) is 48.5 Å². The number of hydrogen-bond acceptors (Lipinski definition) is 4. The predicted octanol–water partition coefficient (Wildman–Crippen LogP) is 4.07. The van der Waals surface area contributed by atoms with E-state index in [0.29, 0.717) is 31.4 Å². The van der Waals surface area contributed by atoms with E-state index in [-0.39, 0.29) is 18.2 Å². The second-order valence-corrected chi connectivity index (χ2v) is 7.07. The van der Waals surface area contributed by atoms with Crippen LogP contribution in [0.25, 0.3) is 0 Å². The molecule has 0 unspecified atom stereocenters. The van der Waals surface area contributed by atoms with Crippen LogP contribution < -0.4 is 14.8 Å². The van der Waals surface area contributed by atoms with Gasteiger partial charge >= 0.3 is 0 Å². The molecule has 6 nitrogen and oxygen atoms in total. The first kappa shape index (κ1) is 22.3. The Morgan fingerprint density at radius 3 is 2.28 bits per heavy atom. The van der Waals surface area contributed by atoms with Crippen LogP contribution in [-0.4, -0.2) is 43.5 Å². The normalized spacial score (nSPS) is 10.5. The number of benzene rings is 2. The second-order valence-electron chi connectivity index (χ2n) is 7.07. The van der Waals surface area contributed by atoms with Crippen LogP contribution in [0.5, 0.6) is 11.5 Å². The number of carbonyl (C=O) groups is 2. The maximum absolute atomic E-state index is 12.4. The minimum absolute atomic E-state index is 0.0845. The van der Waals surface area contributed by atoms with E-state index >= 15 is 0 Å². The van der Waals surface area contributed by atoms with Gasteiger partial charge in [-0.2, -0.15) is 0 Å². The van der Waals surface area contributed by atoms with Crippen LogP contribution >= 0.6 is 0 Å². The molecule has 2 amide bonds. The second kappa shape index (κ2) is 11.1. The van der Waals surface area contributed by atoms with E-state index in [9.17, 15) is 9.59 Å². The van der Waals surface area contributed by atoms with Gasteiger partial charge in [0.1, 0.15) is 18.1 Å². The molecule has 0 aromatic heterocycles. The average Bonchev–Trinajstić information content (AvgIpc) is 2.71. The van der Waals surface area contributed by atoms with Crippen molar-refractivity contribution in [2.24, 2.45) is 0 Å². The molecule has 6 heteroatoms. The highest BCUT2D eigenvalue weighted by Crippen LogP contribution is 2.23. The van der Waals surface area contributed by atoms with Gasteiger partial charge in [-0.15, -0.1) is 0 Å². The molecule has 2 rings (SSSR count). The minimum atomic E-state index is -0.111. The molecule has 0 aliphatic rings. The Bertz CT molecular complexity index is 803. The van der Waals surface area contributed by atoms with Gasteiger partial charge in [-0.3, -0.25) is 9.59 Å². The van der Waals surface area contributed by atoms with Crippen molar-refractivity contribution >= 4 is 17.5 Å². The lowest BCUT2D eigenvalue weighted by Gasteiger charge is -2.21. The standard InChI is InChI=1S/C23H30N2O4/c1-17(2)21-7-5-6-8-22(21)24-23(27)13-14-25(18(3)26)15-16-29-20-11-9-19(28-4)10-12-20/h5-12,17H,13-16H2,1-4H3,(H,24,27). The molecule has 0 aliphatic heterocycles. The van der Waals surface area contributed by atoms with Crippen LogP contribution in [0.2, 0.25) is 0 Å². The van der Waals surface area contributed by atoms with Crippen molar-refractivity contribution in [3.63, 3.8) is 0 Å². The number of hydrogen-bond donors (Lipinski definition) is 1. The molecular weight excluding hydrogens is 368 g/mol. The van der Waals surface area contributed by atoms with E-state index < -0.39 is 0 Å². The number of ether oxygens (including phenoxy) is 2. The highest BCUT2D eigenvalue weighted by atomic mass is 16.5. The van der Waals surface area contributed by atoms with Crippen LogP contribution in [0.1, 0.15) is 38.7 Å². The zero-order valence-electron chi connectivity index (χ0n) is 17.6. The largest absolute Gasteiger partial charge is 0.497 e. The van der Waals surface area contributed by atoms with Gasteiger partial charge in [0, 0.05) is 25.6 Å². The fourth-order valence-corrected chi connectivity index (χ4v) is 2.94. The molecule has 0 saturated carbocycles. The maximum atomic E-state index is 12.4. The summed E-state index contributed by atoms with van der Waals surface area (Å²) in [6, 6.07) is 15.0. The van der Waals surface area contributed by atoms with Gasteiger partial charge in [-0.25, -0.2) is 0 Å². The zero-order chi connectivity index (χ0) is 21.2. The van der Waals surface area contributed by atoms with Gasteiger partial charge in [-0.1, -0.05) is 32.0 Å². The number of anilines is 1. The Kier molecular flexibility index (Phi) is 8.52. The lowest BCUT2D eigenvalue weighted by atomic mass is 10.0. The first-order chi connectivity index (χ1) is 13.9. The molecule has 1 N–H and O–H groups in total. The Hall–Kier alpha value is -3.02. The fourth-order valence-electron chi connectivity index (χ4n) is 2.94. The fraction of sp³-hybridized carbons (Fsp3) is 0.391. The number of amides is 2. The van der Waals surface area contributed by atoms with Crippen molar-refractivity contribution in [2.45, 2.75) is 33.1 Å². The van der Waals surface area contributed by atoms with Gasteiger partial charge < -0.3 is 19.7 Å². The first-order valence-corrected chi connectivity index (χ1v) is 9.82. The number of para-hydroxylation sites is 1. The molecule has 2 aromatic carbocycles. The molecule has 0 fully saturated rings. The Balaban J connectivity index is 1.82.